The number of rotatable bonds is 4. The summed E-state index contributed by atoms with van der Waals surface area (Å²) in [6.45, 7) is 0. The lowest BCUT2D eigenvalue weighted by molar-refractivity contribution is -0.124. The zero-order valence-corrected chi connectivity index (χ0v) is 13.9. The number of nitrogens with zero attached hydrogens (tertiary/aromatic N) is 2. The maximum atomic E-state index is 12.2. The zero-order valence-electron chi connectivity index (χ0n) is 13.2. The summed E-state index contributed by atoms with van der Waals surface area (Å²) in [7, 11) is 0. The average Bonchev–Trinajstić information content (AvgIpc) is 2.59. The van der Waals surface area contributed by atoms with Crippen LogP contribution in [0.25, 0.3) is 10.9 Å². The van der Waals surface area contributed by atoms with Gasteiger partial charge in [0.25, 0.3) is 0 Å². The van der Waals surface area contributed by atoms with E-state index in [1.54, 1.807) is 6.20 Å². The number of amides is 1. The lowest BCUT2D eigenvalue weighted by Crippen LogP contribution is -2.53. The van der Waals surface area contributed by atoms with Gasteiger partial charge in [0.1, 0.15) is 0 Å². The van der Waals surface area contributed by atoms with Gasteiger partial charge in [0.2, 0.25) is 5.91 Å². The molecule has 2 aromatic carbocycles. The van der Waals surface area contributed by atoms with E-state index in [2.05, 4.69) is 11.1 Å². The lowest BCUT2D eigenvalue weighted by atomic mass is 9.93. The summed E-state index contributed by atoms with van der Waals surface area (Å²) in [5, 5.41) is 1.82. The van der Waals surface area contributed by atoms with Crippen LogP contribution in [0.5, 0.6) is 0 Å². The van der Waals surface area contributed by atoms with Gasteiger partial charge in [0.05, 0.1) is 11.2 Å². The molecule has 0 aliphatic carbocycles. The van der Waals surface area contributed by atoms with Crippen LogP contribution in [0.3, 0.4) is 0 Å². The third-order valence-electron chi connectivity index (χ3n) is 4.57. The molecule has 1 aliphatic rings. The van der Waals surface area contributed by atoms with E-state index in [0.29, 0.717) is 6.42 Å². The Balaban J connectivity index is 1.57. The molecule has 1 fully saturated rings. The molecule has 0 spiro atoms. The van der Waals surface area contributed by atoms with Gasteiger partial charge in [0, 0.05) is 29.1 Å². The van der Waals surface area contributed by atoms with Gasteiger partial charge >= 0.3 is 0 Å². The minimum absolute atomic E-state index is 0.171. The summed E-state index contributed by atoms with van der Waals surface area (Å²) in [5.74, 6) is 0.171. The van der Waals surface area contributed by atoms with Crippen LogP contribution in [0.2, 0.25) is 5.02 Å². The number of carbonyl (C=O) groups excluding carboxylic acids is 1. The molecule has 1 unspecified atom stereocenters. The minimum Gasteiger partial charge on any atom is -0.307 e. The zero-order chi connectivity index (χ0) is 16.5. The Kier molecular flexibility index (Phi) is 3.95. The molecule has 1 atom stereocenters. The molecule has 0 N–H and O–H groups in total. The van der Waals surface area contributed by atoms with Gasteiger partial charge in [-0.1, -0.05) is 41.9 Å². The number of benzene rings is 2. The van der Waals surface area contributed by atoms with E-state index >= 15 is 0 Å². The van der Waals surface area contributed by atoms with E-state index in [0.717, 1.165) is 34.5 Å². The molecular weight excluding hydrogens is 320 g/mol. The molecule has 3 nitrogen and oxygen atoms in total. The van der Waals surface area contributed by atoms with Crippen molar-refractivity contribution in [1.29, 1.82) is 0 Å². The predicted octanol–water partition coefficient (Wildman–Crippen LogP) is 4.63. The van der Waals surface area contributed by atoms with Crippen molar-refractivity contribution in [1.82, 2.24) is 4.98 Å². The number of fused-ring (bicyclic) bond motifs is 1. The Hall–Kier alpha value is -2.39. The highest BCUT2D eigenvalue weighted by atomic mass is 35.5. The quantitative estimate of drug-likeness (QED) is 0.651. The molecule has 24 heavy (non-hydrogen) atoms. The molecule has 4 heteroatoms. The Morgan fingerprint density at radius 3 is 2.79 bits per heavy atom. The van der Waals surface area contributed by atoms with Crippen molar-refractivity contribution in [2.75, 3.05) is 4.90 Å². The molecule has 1 saturated heterocycles. The van der Waals surface area contributed by atoms with Crippen LogP contribution in [0.15, 0.2) is 60.8 Å². The number of aryl methyl sites for hydroxylation is 1. The van der Waals surface area contributed by atoms with E-state index in [1.807, 2.05) is 53.4 Å². The SMILES string of the molecule is O=C1CC(CCc2cccc(Cl)c2)N1c1cccc2cccnc12. The van der Waals surface area contributed by atoms with Crippen molar-refractivity contribution in [3.63, 3.8) is 0 Å². The van der Waals surface area contributed by atoms with Crippen molar-refractivity contribution >= 4 is 34.1 Å². The fourth-order valence-electron chi connectivity index (χ4n) is 3.35. The number of carbonyl (C=O) groups is 1. The molecule has 4 rings (SSSR count). The van der Waals surface area contributed by atoms with Crippen LogP contribution in [-0.2, 0) is 11.2 Å². The molecule has 0 bridgehead atoms. The Morgan fingerprint density at radius 2 is 1.96 bits per heavy atom. The second-order valence-corrected chi connectivity index (χ2v) is 6.58. The highest BCUT2D eigenvalue weighted by Gasteiger charge is 2.37. The maximum absolute atomic E-state index is 12.2. The highest BCUT2D eigenvalue weighted by molar-refractivity contribution is 6.30. The van der Waals surface area contributed by atoms with E-state index in [9.17, 15) is 4.79 Å². The lowest BCUT2D eigenvalue weighted by Gasteiger charge is -2.41. The number of anilines is 1. The predicted molar refractivity (Wildman–Crippen MR) is 97.4 cm³/mol. The first-order valence-electron chi connectivity index (χ1n) is 8.12. The summed E-state index contributed by atoms with van der Waals surface area (Å²) in [6, 6.07) is 18.1. The van der Waals surface area contributed by atoms with Gasteiger partial charge in [-0.05, 0) is 42.7 Å². The van der Waals surface area contributed by atoms with E-state index in [4.69, 9.17) is 11.6 Å². The van der Waals surface area contributed by atoms with Crippen LogP contribution in [0.4, 0.5) is 5.69 Å². The third kappa shape index (κ3) is 2.76. The molecular formula is C20H17ClN2O. The van der Waals surface area contributed by atoms with E-state index in [-0.39, 0.29) is 11.9 Å². The molecule has 120 valence electrons. The number of hydrogen-bond donors (Lipinski definition) is 0. The van der Waals surface area contributed by atoms with Gasteiger partial charge in [-0.15, -0.1) is 0 Å². The fourth-order valence-corrected chi connectivity index (χ4v) is 3.57. The Labute approximate surface area is 145 Å². The summed E-state index contributed by atoms with van der Waals surface area (Å²) in [6.07, 6.45) is 4.21. The average molecular weight is 337 g/mol. The molecule has 0 radical (unpaired) electrons. The second kappa shape index (κ2) is 6.25. The summed E-state index contributed by atoms with van der Waals surface area (Å²) in [4.78, 5) is 18.6. The number of halogens is 1. The Bertz CT molecular complexity index is 904. The highest BCUT2D eigenvalue weighted by Crippen LogP contribution is 2.34. The number of β-lactam (4-membered cyclic amide) rings is 1. The summed E-state index contributed by atoms with van der Waals surface area (Å²) in [5.41, 5.74) is 3.01. The van der Waals surface area contributed by atoms with Crippen molar-refractivity contribution in [3.05, 3.63) is 71.4 Å². The van der Waals surface area contributed by atoms with Crippen LogP contribution < -0.4 is 4.90 Å². The van der Waals surface area contributed by atoms with Gasteiger partial charge in [-0.3, -0.25) is 9.78 Å². The first-order valence-corrected chi connectivity index (χ1v) is 8.50. The monoisotopic (exact) mass is 336 g/mol. The number of hydrogen-bond acceptors (Lipinski definition) is 2. The Morgan fingerprint density at radius 1 is 1.12 bits per heavy atom. The topological polar surface area (TPSA) is 33.2 Å². The first kappa shape index (κ1) is 15.2. The van der Waals surface area contributed by atoms with Crippen LogP contribution >= 0.6 is 11.6 Å². The molecule has 1 aromatic heterocycles. The number of pyridine rings is 1. The first-order chi connectivity index (χ1) is 11.7. The third-order valence-corrected chi connectivity index (χ3v) is 4.81. The molecule has 3 aromatic rings. The standard InChI is InChI=1S/C20H17ClN2O/c21-16-7-1-4-14(12-16)9-10-17-13-19(24)23(17)18-8-2-5-15-6-3-11-22-20(15)18/h1-8,11-12,17H,9-10,13H2. The number of aromatic nitrogens is 1. The smallest absolute Gasteiger partial charge is 0.229 e. The van der Waals surface area contributed by atoms with Gasteiger partial charge in [-0.2, -0.15) is 0 Å². The van der Waals surface area contributed by atoms with Crippen molar-refractivity contribution in [2.24, 2.45) is 0 Å². The minimum atomic E-state index is 0.171. The fraction of sp³-hybridized carbons (Fsp3) is 0.200. The van der Waals surface area contributed by atoms with Crippen LogP contribution in [0.1, 0.15) is 18.4 Å². The van der Waals surface area contributed by atoms with Gasteiger partial charge in [-0.25, -0.2) is 0 Å². The van der Waals surface area contributed by atoms with Gasteiger partial charge < -0.3 is 4.90 Å². The maximum Gasteiger partial charge on any atom is 0.229 e. The van der Waals surface area contributed by atoms with Crippen molar-refractivity contribution in [3.8, 4) is 0 Å². The molecule has 1 amide bonds. The summed E-state index contributed by atoms with van der Waals surface area (Å²) < 4.78 is 0. The van der Waals surface area contributed by atoms with Crippen molar-refractivity contribution in [2.45, 2.75) is 25.3 Å². The number of para-hydroxylation sites is 1. The largest absolute Gasteiger partial charge is 0.307 e. The molecule has 2 heterocycles. The van der Waals surface area contributed by atoms with Crippen LogP contribution in [0, 0.1) is 0 Å². The van der Waals surface area contributed by atoms with Crippen molar-refractivity contribution < 1.29 is 4.79 Å². The summed E-state index contributed by atoms with van der Waals surface area (Å²) >= 11 is 6.05. The van der Waals surface area contributed by atoms with Gasteiger partial charge in [0.15, 0.2) is 0 Å². The van der Waals surface area contributed by atoms with Crippen LogP contribution in [-0.4, -0.2) is 16.9 Å². The molecule has 1 aliphatic heterocycles. The van der Waals surface area contributed by atoms with E-state index in [1.165, 1.54) is 5.56 Å². The van der Waals surface area contributed by atoms with E-state index < -0.39 is 0 Å². The molecule has 0 saturated carbocycles. The normalized spacial score (nSPS) is 17.1. The second-order valence-electron chi connectivity index (χ2n) is 6.14.